The quantitative estimate of drug-likeness (QED) is 0.452. The number of rotatable bonds is 8. The number of carbonyl (C=O) groups excluding carboxylic acids is 2. The van der Waals surface area contributed by atoms with Crippen LogP contribution < -0.4 is 0 Å². The second kappa shape index (κ2) is 11.6. The van der Waals surface area contributed by atoms with Gasteiger partial charge < -0.3 is 4.79 Å². The van der Waals surface area contributed by atoms with E-state index < -0.39 is 0 Å². The zero-order valence-electron chi connectivity index (χ0n) is 8.25. The molecule has 13 heavy (non-hydrogen) atoms. The van der Waals surface area contributed by atoms with Gasteiger partial charge in [-0.1, -0.05) is 26.2 Å². The van der Waals surface area contributed by atoms with Crippen LogP contribution in [-0.4, -0.2) is 12.1 Å². The summed E-state index contributed by atoms with van der Waals surface area (Å²) in [6.07, 6.45) is 6.85. The first-order valence-electron chi connectivity index (χ1n) is 4.76. The van der Waals surface area contributed by atoms with Crippen LogP contribution in [0.3, 0.4) is 0 Å². The van der Waals surface area contributed by atoms with Crippen molar-refractivity contribution in [1.82, 2.24) is 0 Å². The number of unbranched alkanes of at least 4 members (excludes halogenated alkanes) is 3. The number of aldehydes is 1. The number of ketones is 1. The minimum atomic E-state index is 0. The maximum absolute atomic E-state index is 11.0. The van der Waals surface area contributed by atoms with E-state index in [0.29, 0.717) is 19.3 Å². The van der Waals surface area contributed by atoms with Crippen molar-refractivity contribution in [3.8, 4) is 0 Å². The zero-order valence-corrected chi connectivity index (χ0v) is 9.07. The number of Topliss-reactive ketones (excluding diaryl/α,β-unsaturated/α-hetero) is 1. The molecule has 0 heterocycles. The summed E-state index contributed by atoms with van der Waals surface area (Å²) in [4.78, 5) is 20.9. The molecule has 0 unspecified atom stereocenters. The minimum Gasteiger partial charge on any atom is -0.303 e. The van der Waals surface area contributed by atoms with E-state index in [1.807, 2.05) is 0 Å². The molecule has 0 aromatic rings. The fourth-order valence-corrected chi connectivity index (χ4v) is 1.09. The Morgan fingerprint density at radius 3 is 2.38 bits per heavy atom. The lowest BCUT2D eigenvalue weighted by Crippen LogP contribution is -1.97. The van der Waals surface area contributed by atoms with Gasteiger partial charge in [-0.05, 0) is 6.42 Å². The maximum Gasteiger partial charge on any atom is 0.133 e. The standard InChI is InChI=1S/C10H18O2.ClH/c1-2-3-4-5-7-10(12)8-6-9-11;/h9H,2-8H2,1H3;1H. The van der Waals surface area contributed by atoms with Crippen LogP contribution in [-0.2, 0) is 9.59 Å². The Morgan fingerprint density at radius 1 is 1.15 bits per heavy atom. The smallest absolute Gasteiger partial charge is 0.133 e. The second-order valence-corrected chi connectivity index (χ2v) is 3.05. The Labute approximate surface area is 86.5 Å². The molecule has 0 aliphatic carbocycles. The van der Waals surface area contributed by atoms with E-state index in [-0.39, 0.29) is 18.2 Å². The monoisotopic (exact) mass is 206 g/mol. The zero-order chi connectivity index (χ0) is 9.23. The van der Waals surface area contributed by atoms with Gasteiger partial charge in [-0.25, -0.2) is 0 Å². The van der Waals surface area contributed by atoms with Gasteiger partial charge in [0, 0.05) is 19.3 Å². The van der Waals surface area contributed by atoms with E-state index in [1.165, 1.54) is 12.8 Å². The SMILES string of the molecule is CCCCCCC(=O)CCC=O.Cl. The van der Waals surface area contributed by atoms with Gasteiger partial charge in [-0.2, -0.15) is 0 Å². The fourth-order valence-electron chi connectivity index (χ4n) is 1.09. The predicted molar refractivity (Wildman–Crippen MR) is 56.3 cm³/mol. The second-order valence-electron chi connectivity index (χ2n) is 3.05. The van der Waals surface area contributed by atoms with Gasteiger partial charge in [0.25, 0.3) is 0 Å². The predicted octanol–water partition coefficient (Wildman–Crippen LogP) is 2.93. The molecule has 0 atom stereocenters. The van der Waals surface area contributed by atoms with E-state index in [1.54, 1.807) is 0 Å². The molecule has 0 rings (SSSR count). The topological polar surface area (TPSA) is 34.1 Å². The molecule has 0 amide bonds. The molecule has 0 aromatic heterocycles. The Hall–Kier alpha value is -0.370. The van der Waals surface area contributed by atoms with Crippen LogP contribution in [0.25, 0.3) is 0 Å². The van der Waals surface area contributed by atoms with Crippen molar-refractivity contribution in [1.29, 1.82) is 0 Å². The van der Waals surface area contributed by atoms with E-state index in [4.69, 9.17) is 0 Å². The molecule has 3 heteroatoms. The Morgan fingerprint density at radius 2 is 1.85 bits per heavy atom. The van der Waals surface area contributed by atoms with Crippen molar-refractivity contribution < 1.29 is 9.59 Å². The van der Waals surface area contributed by atoms with Crippen LogP contribution in [0.2, 0.25) is 0 Å². The van der Waals surface area contributed by atoms with Crippen LogP contribution in [0.15, 0.2) is 0 Å². The van der Waals surface area contributed by atoms with Gasteiger partial charge in [-0.15, -0.1) is 12.4 Å². The highest BCUT2D eigenvalue weighted by Gasteiger charge is 1.99. The number of halogens is 1. The molecule has 0 spiro atoms. The molecule has 0 saturated heterocycles. The summed E-state index contributed by atoms with van der Waals surface area (Å²) in [5.41, 5.74) is 0. The average Bonchev–Trinajstić information content (AvgIpc) is 2.09. The van der Waals surface area contributed by atoms with E-state index in [9.17, 15) is 9.59 Å². The first-order valence-corrected chi connectivity index (χ1v) is 4.76. The maximum atomic E-state index is 11.0. The highest BCUT2D eigenvalue weighted by atomic mass is 35.5. The molecule has 0 aliphatic rings. The van der Waals surface area contributed by atoms with Crippen LogP contribution in [0.4, 0.5) is 0 Å². The first kappa shape index (κ1) is 15.1. The van der Waals surface area contributed by atoms with E-state index in [0.717, 1.165) is 19.1 Å². The molecule has 0 fully saturated rings. The normalized spacial score (nSPS) is 9.00. The van der Waals surface area contributed by atoms with E-state index in [2.05, 4.69) is 6.92 Å². The molecule has 0 N–H and O–H groups in total. The molecule has 0 saturated carbocycles. The van der Waals surface area contributed by atoms with Crippen molar-refractivity contribution in [3.63, 3.8) is 0 Å². The molecule has 78 valence electrons. The van der Waals surface area contributed by atoms with Crippen molar-refractivity contribution in [2.45, 2.75) is 51.9 Å². The highest BCUT2D eigenvalue weighted by Crippen LogP contribution is 2.04. The van der Waals surface area contributed by atoms with Crippen molar-refractivity contribution in [2.75, 3.05) is 0 Å². The largest absolute Gasteiger partial charge is 0.303 e. The average molecular weight is 207 g/mol. The van der Waals surface area contributed by atoms with Gasteiger partial charge >= 0.3 is 0 Å². The number of carbonyl (C=O) groups is 2. The number of hydrogen-bond acceptors (Lipinski definition) is 2. The van der Waals surface area contributed by atoms with Crippen LogP contribution in [0, 0.1) is 0 Å². The molecule has 0 bridgehead atoms. The van der Waals surface area contributed by atoms with Crippen LogP contribution >= 0.6 is 12.4 Å². The third-order valence-electron chi connectivity index (χ3n) is 1.85. The van der Waals surface area contributed by atoms with Gasteiger partial charge in [-0.3, -0.25) is 4.79 Å². The van der Waals surface area contributed by atoms with Crippen molar-refractivity contribution in [2.24, 2.45) is 0 Å². The molecule has 0 radical (unpaired) electrons. The Bertz CT molecular complexity index is 135. The lowest BCUT2D eigenvalue weighted by molar-refractivity contribution is -0.120. The molecule has 0 aliphatic heterocycles. The Kier molecular flexibility index (Phi) is 13.5. The van der Waals surface area contributed by atoms with E-state index >= 15 is 0 Å². The van der Waals surface area contributed by atoms with Gasteiger partial charge in [0.1, 0.15) is 12.1 Å². The summed E-state index contributed by atoms with van der Waals surface area (Å²) >= 11 is 0. The molecular formula is C10H19ClO2. The lowest BCUT2D eigenvalue weighted by atomic mass is 10.1. The molecular weight excluding hydrogens is 188 g/mol. The first-order chi connectivity index (χ1) is 5.81. The van der Waals surface area contributed by atoms with Crippen molar-refractivity contribution in [3.05, 3.63) is 0 Å². The summed E-state index contributed by atoms with van der Waals surface area (Å²) < 4.78 is 0. The summed E-state index contributed by atoms with van der Waals surface area (Å²) in [5.74, 6) is 0.234. The summed E-state index contributed by atoms with van der Waals surface area (Å²) in [6.45, 7) is 2.15. The van der Waals surface area contributed by atoms with Crippen LogP contribution in [0.5, 0.6) is 0 Å². The molecule has 2 nitrogen and oxygen atoms in total. The van der Waals surface area contributed by atoms with Crippen molar-refractivity contribution >= 4 is 24.5 Å². The fraction of sp³-hybridized carbons (Fsp3) is 0.800. The third-order valence-corrected chi connectivity index (χ3v) is 1.85. The van der Waals surface area contributed by atoms with Gasteiger partial charge in [0.2, 0.25) is 0 Å². The molecule has 0 aromatic carbocycles. The van der Waals surface area contributed by atoms with Gasteiger partial charge in [0.15, 0.2) is 0 Å². The third kappa shape index (κ3) is 11.6. The lowest BCUT2D eigenvalue weighted by Gasteiger charge is -1.97. The minimum absolute atomic E-state index is 0. The Balaban J connectivity index is 0. The summed E-state index contributed by atoms with van der Waals surface area (Å²) in [5, 5.41) is 0. The van der Waals surface area contributed by atoms with Gasteiger partial charge in [0.05, 0.1) is 0 Å². The summed E-state index contributed by atoms with van der Waals surface area (Å²) in [6, 6.07) is 0. The van der Waals surface area contributed by atoms with Crippen LogP contribution in [0.1, 0.15) is 51.9 Å². The summed E-state index contributed by atoms with van der Waals surface area (Å²) in [7, 11) is 0. The highest BCUT2D eigenvalue weighted by molar-refractivity contribution is 5.85. The number of hydrogen-bond donors (Lipinski definition) is 0.